The Bertz CT molecular complexity index is 2380. The molecule has 2 aromatic rings. The highest BCUT2D eigenvalue weighted by Gasteiger charge is 2.49. The minimum Gasteiger partial charge on any atom is -0.451 e. The Morgan fingerprint density at radius 1 is 0.539 bits per heavy atom. The van der Waals surface area contributed by atoms with Crippen LogP contribution in [0.2, 0.25) is 0 Å². The Kier molecular flexibility index (Phi) is 25.6. The van der Waals surface area contributed by atoms with Crippen molar-refractivity contribution in [3.8, 4) is 5.75 Å². The molecule has 0 aliphatic rings. The van der Waals surface area contributed by atoms with Crippen molar-refractivity contribution in [2.75, 3.05) is 28.2 Å². The van der Waals surface area contributed by atoms with Crippen LogP contribution in [-0.4, -0.2) is 163 Å². The number of carbonyl (C=O) groups is 8. The fraction of sp³-hybridized carbons (Fsp3) is 0.623. The second-order valence-corrected chi connectivity index (χ2v) is 22.2. The molecule has 0 spiro atoms. The average Bonchev–Trinajstić information content (AvgIpc) is 3.33. The number of hydrogen-bond donors (Lipinski definition) is 1. The van der Waals surface area contributed by atoms with Gasteiger partial charge in [0.25, 0.3) is 23.6 Å². The van der Waals surface area contributed by atoms with Crippen molar-refractivity contribution in [1.82, 2.24) is 19.6 Å². The van der Waals surface area contributed by atoms with Crippen molar-refractivity contribution in [2.24, 2.45) is 23.7 Å². The number of benzene rings is 2. The van der Waals surface area contributed by atoms with Crippen LogP contribution in [0.4, 0.5) is 13.2 Å². The molecule has 2 aromatic carbocycles. The Balaban J connectivity index is 2.56. The maximum atomic E-state index is 14.6. The summed E-state index contributed by atoms with van der Waals surface area (Å²) >= 11 is 0. The lowest BCUT2D eigenvalue weighted by Gasteiger charge is -2.34. The first-order chi connectivity index (χ1) is 35.1. The van der Waals surface area contributed by atoms with E-state index in [1.165, 1.54) is 46.9 Å². The number of alkyl halides is 3. The monoisotopic (exact) mass is 1100 g/mol. The molecule has 0 radical (unpaired) electrons. The van der Waals surface area contributed by atoms with Crippen LogP contribution in [0.5, 0.6) is 5.75 Å². The predicted molar refractivity (Wildman–Crippen MR) is 273 cm³/mol. The van der Waals surface area contributed by atoms with Crippen LogP contribution >= 0.6 is 0 Å². The van der Waals surface area contributed by atoms with Crippen LogP contribution in [0.3, 0.4) is 0 Å². The molecule has 8 unspecified atom stereocenters. The number of amides is 4. The van der Waals surface area contributed by atoms with Gasteiger partial charge < -0.3 is 47.9 Å². The van der Waals surface area contributed by atoms with Gasteiger partial charge in [-0.1, -0.05) is 97.9 Å². The predicted octanol–water partition coefficient (Wildman–Crippen LogP) is 5.53. The summed E-state index contributed by atoms with van der Waals surface area (Å²) in [5, 5.41) is 10.1. The third-order valence-corrected chi connectivity index (χ3v) is 13.2. The molecule has 426 valence electrons. The second-order valence-electron chi connectivity index (χ2n) is 20.7. The Labute approximate surface area is 444 Å². The van der Waals surface area contributed by atoms with Gasteiger partial charge in [0.05, 0.1) is 6.04 Å². The van der Waals surface area contributed by atoms with Crippen molar-refractivity contribution in [1.29, 1.82) is 0 Å². The summed E-state index contributed by atoms with van der Waals surface area (Å²) in [6.07, 6.45) is -5.92. The van der Waals surface area contributed by atoms with E-state index in [-0.39, 0.29) is 54.9 Å². The van der Waals surface area contributed by atoms with Crippen molar-refractivity contribution < 1.29 is 83.4 Å². The highest BCUT2D eigenvalue weighted by atomic mass is 32.2. The van der Waals surface area contributed by atoms with E-state index < -0.39 is 118 Å². The summed E-state index contributed by atoms with van der Waals surface area (Å²) < 4.78 is 84.2. The third kappa shape index (κ3) is 19.8. The van der Waals surface area contributed by atoms with E-state index in [0.29, 0.717) is 18.3 Å². The highest BCUT2D eigenvalue weighted by molar-refractivity contribution is 7.88. The van der Waals surface area contributed by atoms with Gasteiger partial charge in [-0.15, -0.1) is 0 Å². The van der Waals surface area contributed by atoms with Gasteiger partial charge in [-0.05, 0) is 86.5 Å². The molecular formula is C53H77F3N4O15S. The van der Waals surface area contributed by atoms with Crippen molar-refractivity contribution in [3.05, 3.63) is 65.7 Å². The number of halogens is 3. The van der Waals surface area contributed by atoms with E-state index in [1.807, 2.05) is 13.8 Å². The molecule has 2 rings (SSSR count). The van der Waals surface area contributed by atoms with E-state index >= 15 is 0 Å². The molecule has 19 nitrogen and oxygen atoms in total. The molecular weight excluding hydrogens is 1020 g/mol. The quantitative estimate of drug-likeness (QED) is 0.0347. The summed E-state index contributed by atoms with van der Waals surface area (Å²) in [5.74, 6) is -7.90. The maximum Gasteiger partial charge on any atom is 0.534 e. The minimum atomic E-state index is -6.04. The molecule has 0 saturated carbocycles. The van der Waals surface area contributed by atoms with Crippen LogP contribution < -0.4 is 4.18 Å². The molecule has 0 heterocycles. The smallest absolute Gasteiger partial charge is 0.451 e. The molecule has 8 atom stereocenters. The summed E-state index contributed by atoms with van der Waals surface area (Å²) in [5.41, 5.74) is -4.97. The first kappa shape index (κ1) is 66.0. The first-order valence-electron chi connectivity index (χ1n) is 25.1. The standard InChI is InChI=1S/C53H77F3N4O15S/c1-31(2)24-39(30-61)57(11)48(65)44(28-37-18-16-15-17-19-37)73-52(69)43(27-34(7)8)59(13)47(64)36(10)72-50(67)41(25-32(3)4)60(14)49(66)45(74-51(68)42(26-33(5)6)58(12)46(63)35(9)62)29-38-20-22-40(23-21-38)75-76(70,71)53(54,55)56/h15-23,30-36,39,41-45,62H,24-29H2,1-14H3. The zero-order valence-electron chi connectivity index (χ0n) is 45.9. The average molecular weight is 1100 g/mol. The molecule has 0 saturated heterocycles. The van der Waals surface area contributed by atoms with Gasteiger partial charge in [0.2, 0.25) is 0 Å². The van der Waals surface area contributed by atoms with E-state index in [0.717, 1.165) is 39.0 Å². The lowest BCUT2D eigenvalue weighted by atomic mass is 10.00. The SMILES string of the molecule is CC(C)CC(C=O)N(C)C(=O)C(Cc1ccccc1)OC(=O)C(CC(C)C)N(C)C(=O)C(C)OC(=O)C(CC(C)C)N(C)C(=O)C(Cc1ccc(OS(=O)(=O)C(F)(F)F)cc1)OC(=O)C(CC(C)C)N(C)C(=O)C(C)O. The van der Waals surface area contributed by atoms with Crippen LogP contribution in [0, 0.1) is 23.7 Å². The zero-order chi connectivity index (χ0) is 58.2. The molecule has 1 N–H and O–H groups in total. The highest BCUT2D eigenvalue weighted by Crippen LogP contribution is 2.28. The molecule has 76 heavy (non-hydrogen) atoms. The normalized spacial score (nSPS) is 15.1. The van der Waals surface area contributed by atoms with Gasteiger partial charge in [-0.25, -0.2) is 14.4 Å². The number of likely N-dealkylation sites (N-methyl/N-ethyl adjacent to an activating group) is 4. The summed E-state index contributed by atoms with van der Waals surface area (Å²) in [7, 11) is -0.825. The number of rotatable bonds is 29. The van der Waals surface area contributed by atoms with E-state index in [2.05, 4.69) is 4.18 Å². The largest absolute Gasteiger partial charge is 0.534 e. The van der Waals surface area contributed by atoms with Gasteiger partial charge in [0.15, 0.2) is 18.3 Å². The van der Waals surface area contributed by atoms with E-state index in [4.69, 9.17) is 14.2 Å². The van der Waals surface area contributed by atoms with Gasteiger partial charge in [-0.2, -0.15) is 21.6 Å². The molecule has 0 bridgehead atoms. The van der Waals surface area contributed by atoms with E-state index in [9.17, 15) is 65.1 Å². The molecule has 0 aliphatic carbocycles. The van der Waals surface area contributed by atoms with Crippen LogP contribution in [0.1, 0.15) is 106 Å². The summed E-state index contributed by atoms with van der Waals surface area (Å²) in [4.78, 5) is 115. The van der Waals surface area contributed by atoms with Gasteiger partial charge in [-0.3, -0.25) is 19.2 Å². The second kappa shape index (κ2) is 29.4. The number of aliphatic hydroxyl groups is 1. The Morgan fingerprint density at radius 3 is 1.29 bits per heavy atom. The topological polar surface area (TPSA) is 241 Å². The van der Waals surface area contributed by atoms with Crippen LogP contribution in [0.15, 0.2) is 54.6 Å². The molecule has 0 aliphatic heterocycles. The number of ether oxygens (including phenoxy) is 3. The number of nitrogens with zero attached hydrogens (tertiary/aromatic N) is 4. The number of aldehydes is 1. The van der Waals surface area contributed by atoms with Crippen molar-refractivity contribution in [2.45, 2.75) is 162 Å². The Morgan fingerprint density at radius 2 is 0.908 bits per heavy atom. The van der Waals surface area contributed by atoms with Gasteiger partial charge >= 0.3 is 33.5 Å². The van der Waals surface area contributed by atoms with Gasteiger partial charge in [0, 0.05) is 41.0 Å². The van der Waals surface area contributed by atoms with Crippen molar-refractivity contribution >= 4 is 57.9 Å². The van der Waals surface area contributed by atoms with E-state index in [1.54, 1.807) is 71.9 Å². The number of esters is 3. The number of carbonyl (C=O) groups excluding carboxylic acids is 8. The van der Waals surface area contributed by atoms with Crippen LogP contribution in [0.25, 0.3) is 0 Å². The fourth-order valence-corrected chi connectivity index (χ4v) is 8.48. The summed E-state index contributed by atoms with van der Waals surface area (Å²) in [6.45, 7) is 16.8. The maximum absolute atomic E-state index is 14.6. The third-order valence-electron chi connectivity index (χ3n) is 12.2. The number of hydrogen-bond acceptors (Lipinski definition) is 15. The van der Waals surface area contributed by atoms with Crippen LogP contribution in [-0.2, 0) is 75.5 Å². The van der Waals surface area contributed by atoms with Gasteiger partial charge in [0.1, 0.15) is 36.3 Å². The molecule has 23 heteroatoms. The first-order valence-corrected chi connectivity index (χ1v) is 26.5. The summed E-state index contributed by atoms with van der Waals surface area (Å²) in [6, 6.07) is 7.82. The molecule has 0 aromatic heterocycles. The fourth-order valence-electron chi connectivity index (χ4n) is 8.02. The minimum absolute atomic E-state index is 0.00662. The Hall–Kier alpha value is -6.10. The lowest BCUT2D eigenvalue weighted by molar-refractivity contribution is -0.174. The lowest BCUT2D eigenvalue weighted by Crippen LogP contribution is -2.53. The molecule has 4 amide bonds. The zero-order valence-corrected chi connectivity index (χ0v) is 46.8. The molecule has 0 fully saturated rings. The van der Waals surface area contributed by atoms with Crippen molar-refractivity contribution in [3.63, 3.8) is 0 Å². The number of aliphatic hydroxyl groups excluding tert-OH is 1.